The van der Waals surface area contributed by atoms with Crippen molar-refractivity contribution in [1.82, 2.24) is 18.2 Å². The van der Waals surface area contributed by atoms with Crippen LogP contribution in [0.2, 0.25) is 0 Å². The fraction of sp³-hybridized carbons (Fsp3) is 0.786. The van der Waals surface area contributed by atoms with E-state index in [1.165, 1.54) is 8.61 Å². The monoisotopic (exact) mass is 330 g/mol. The van der Waals surface area contributed by atoms with Gasteiger partial charge in [0.15, 0.2) is 0 Å². The Balaban J connectivity index is 2.15. The van der Waals surface area contributed by atoms with Crippen LogP contribution in [0.25, 0.3) is 0 Å². The van der Waals surface area contributed by atoms with Crippen molar-refractivity contribution in [3.8, 4) is 0 Å². The van der Waals surface area contributed by atoms with Crippen molar-refractivity contribution in [3.05, 3.63) is 18.2 Å². The summed E-state index contributed by atoms with van der Waals surface area (Å²) < 4.78 is 35.5. The average Bonchev–Trinajstić information content (AvgIpc) is 2.76. The standard InChI is InChI=1S/C14H26N4O3S/c1-12(2)9-21-10-13-6-17-11-15-5-14(17)8-18(7-13)22(19,20)16(3)4/h5,11-13H,6-10H2,1-4H3. The molecule has 0 saturated carbocycles. The molecule has 1 aromatic rings. The smallest absolute Gasteiger partial charge is 0.281 e. The number of rotatable bonds is 6. The Bertz CT molecular complexity index is 583. The van der Waals surface area contributed by atoms with Gasteiger partial charge in [-0.1, -0.05) is 13.8 Å². The fourth-order valence-electron chi connectivity index (χ4n) is 2.50. The molecule has 22 heavy (non-hydrogen) atoms. The van der Waals surface area contributed by atoms with Crippen LogP contribution in [0.1, 0.15) is 19.5 Å². The first kappa shape index (κ1) is 17.4. The predicted molar refractivity (Wildman–Crippen MR) is 84.4 cm³/mol. The number of fused-ring (bicyclic) bond motifs is 1. The van der Waals surface area contributed by atoms with Crippen molar-refractivity contribution < 1.29 is 13.2 Å². The topological polar surface area (TPSA) is 67.7 Å². The molecular formula is C14H26N4O3S. The van der Waals surface area contributed by atoms with E-state index in [1.54, 1.807) is 26.6 Å². The number of aromatic nitrogens is 2. The lowest BCUT2D eigenvalue weighted by molar-refractivity contribution is 0.0699. The molecule has 0 saturated heterocycles. The molecule has 2 heterocycles. The van der Waals surface area contributed by atoms with Crippen molar-refractivity contribution in [2.45, 2.75) is 26.9 Å². The van der Waals surface area contributed by atoms with Crippen LogP contribution in [0.5, 0.6) is 0 Å². The summed E-state index contributed by atoms with van der Waals surface area (Å²) in [4.78, 5) is 4.14. The molecular weight excluding hydrogens is 304 g/mol. The molecule has 1 aliphatic rings. The van der Waals surface area contributed by atoms with Crippen LogP contribution in [-0.2, 0) is 28.0 Å². The summed E-state index contributed by atoms with van der Waals surface area (Å²) in [7, 11) is -0.334. The number of ether oxygens (including phenoxy) is 1. The number of imidazole rings is 1. The van der Waals surface area contributed by atoms with E-state index in [0.29, 0.717) is 32.2 Å². The Morgan fingerprint density at radius 1 is 1.41 bits per heavy atom. The molecule has 0 spiro atoms. The lowest BCUT2D eigenvalue weighted by Crippen LogP contribution is -2.42. The molecule has 0 amide bonds. The van der Waals surface area contributed by atoms with E-state index in [0.717, 1.165) is 12.2 Å². The van der Waals surface area contributed by atoms with Gasteiger partial charge in [-0.05, 0) is 5.92 Å². The molecule has 0 bridgehead atoms. The molecule has 1 aliphatic heterocycles. The van der Waals surface area contributed by atoms with E-state index in [4.69, 9.17) is 4.74 Å². The summed E-state index contributed by atoms with van der Waals surface area (Å²) in [6.07, 6.45) is 3.49. The molecule has 1 aromatic heterocycles. The van der Waals surface area contributed by atoms with Gasteiger partial charge in [0.25, 0.3) is 10.2 Å². The van der Waals surface area contributed by atoms with Gasteiger partial charge in [0.1, 0.15) is 0 Å². The molecule has 0 N–H and O–H groups in total. The third-order valence-corrected chi connectivity index (χ3v) is 5.50. The van der Waals surface area contributed by atoms with Gasteiger partial charge in [-0.25, -0.2) is 4.98 Å². The maximum Gasteiger partial charge on any atom is 0.281 e. The van der Waals surface area contributed by atoms with Crippen molar-refractivity contribution in [3.63, 3.8) is 0 Å². The van der Waals surface area contributed by atoms with Gasteiger partial charge < -0.3 is 9.30 Å². The van der Waals surface area contributed by atoms with E-state index in [2.05, 4.69) is 18.8 Å². The van der Waals surface area contributed by atoms with Gasteiger partial charge >= 0.3 is 0 Å². The minimum atomic E-state index is -3.45. The highest BCUT2D eigenvalue weighted by Crippen LogP contribution is 2.20. The van der Waals surface area contributed by atoms with Crippen molar-refractivity contribution in [2.75, 3.05) is 33.9 Å². The second-order valence-corrected chi connectivity index (χ2v) is 8.56. The highest BCUT2D eigenvalue weighted by molar-refractivity contribution is 7.86. The fourth-order valence-corrected chi connectivity index (χ4v) is 3.65. The molecule has 1 unspecified atom stereocenters. The second-order valence-electron chi connectivity index (χ2n) is 6.42. The first-order valence-corrected chi connectivity index (χ1v) is 8.94. The van der Waals surface area contributed by atoms with Gasteiger partial charge in [0, 0.05) is 45.9 Å². The minimum absolute atomic E-state index is 0.115. The van der Waals surface area contributed by atoms with Gasteiger partial charge in [0.05, 0.1) is 25.2 Å². The molecule has 2 rings (SSSR count). The quantitative estimate of drug-likeness (QED) is 0.773. The molecule has 0 aliphatic carbocycles. The SMILES string of the molecule is CC(C)COCC1CN(S(=O)(=O)N(C)C)Cc2cncn2C1. The van der Waals surface area contributed by atoms with E-state index < -0.39 is 10.2 Å². The zero-order valence-electron chi connectivity index (χ0n) is 13.8. The Hall–Kier alpha value is -0.960. The average molecular weight is 330 g/mol. The zero-order valence-corrected chi connectivity index (χ0v) is 14.6. The van der Waals surface area contributed by atoms with Gasteiger partial charge in [-0.2, -0.15) is 17.0 Å². The predicted octanol–water partition coefficient (Wildman–Crippen LogP) is 0.794. The summed E-state index contributed by atoms with van der Waals surface area (Å²) in [6.45, 7) is 6.98. The van der Waals surface area contributed by atoms with Crippen LogP contribution in [0.15, 0.2) is 12.5 Å². The van der Waals surface area contributed by atoms with E-state index in [1.807, 2.05) is 4.57 Å². The second kappa shape index (κ2) is 7.08. The Kier molecular flexibility index (Phi) is 5.60. The molecule has 7 nitrogen and oxygen atoms in total. The van der Waals surface area contributed by atoms with Crippen molar-refractivity contribution >= 4 is 10.2 Å². The largest absolute Gasteiger partial charge is 0.381 e. The molecule has 126 valence electrons. The summed E-state index contributed by atoms with van der Waals surface area (Å²) in [5, 5.41) is 0. The normalized spacial score (nSPS) is 20.4. The van der Waals surface area contributed by atoms with Crippen LogP contribution in [0, 0.1) is 11.8 Å². The number of hydrogen-bond donors (Lipinski definition) is 0. The van der Waals surface area contributed by atoms with Crippen LogP contribution in [0.4, 0.5) is 0 Å². The van der Waals surface area contributed by atoms with E-state index >= 15 is 0 Å². The van der Waals surface area contributed by atoms with E-state index in [-0.39, 0.29) is 5.92 Å². The summed E-state index contributed by atoms with van der Waals surface area (Å²) in [5.41, 5.74) is 0.914. The molecule has 1 atom stereocenters. The molecule has 0 aromatic carbocycles. The van der Waals surface area contributed by atoms with Crippen molar-refractivity contribution in [1.29, 1.82) is 0 Å². The van der Waals surface area contributed by atoms with Gasteiger partial charge in [-0.3, -0.25) is 0 Å². The lowest BCUT2D eigenvalue weighted by atomic mass is 10.1. The first-order chi connectivity index (χ1) is 10.3. The maximum atomic E-state index is 12.5. The summed E-state index contributed by atoms with van der Waals surface area (Å²) in [6, 6.07) is 0. The molecule has 0 radical (unpaired) electrons. The minimum Gasteiger partial charge on any atom is -0.381 e. The van der Waals surface area contributed by atoms with Crippen LogP contribution in [0.3, 0.4) is 0 Å². The van der Waals surface area contributed by atoms with Gasteiger partial charge in [-0.15, -0.1) is 0 Å². The summed E-state index contributed by atoms with van der Waals surface area (Å²) >= 11 is 0. The van der Waals surface area contributed by atoms with Crippen LogP contribution >= 0.6 is 0 Å². The number of hydrogen-bond acceptors (Lipinski definition) is 4. The van der Waals surface area contributed by atoms with Gasteiger partial charge in [0.2, 0.25) is 0 Å². The Labute approximate surface area is 133 Å². The zero-order chi connectivity index (χ0) is 16.3. The summed E-state index contributed by atoms with van der Waals surface area (Å²) in [5.74, 6) is 0.583. The van der Waals surface area contributed by atoms with Crippen LogP contribution in [-0.4, -0.2) is 60.4 Å². The molecule has 0 fully saturated rings. The third kappa shape index (κ3) is 4.07. The lowest BCUT2D eigenvalue weighted by Gasteiger charge is -2.26. The maximum absolute atomic E-state index is 12.5. The number of nitrogens with zero attached hydrogens (tertiary/aromatic N) is 4. The molecule has 8 heteroatoms. The highest BCUT2D eigenvalue weighted by Gasteiger charge is 2.31. The van der Waals surface area contributed by atoms with E-state index in [9.17, 15) is 8.42 Å². The Morgan fingerprint density at radius 2 is 2.14 bits per heavy atom. The first-order valence-electron chi connectivity index (χ1n) is 7.55. The Morgan fingerprint density at radius 3 is 2.77 bits per heavy atom. The van der Waals surface area contributed by atoms with Crippen molar-refractivity contribution in [2.24, 2.45) is 11.8 Å². The van der Waals surface area contributed by atoms with Crippen LogP contribution < -0.4 is 0 Å². The third-order valence-electron chi connectivity index (χ3n) is 3.65. The highest BCUT2D eigenvalue weighted by atomic mass is 32.2.